The molecule has 1 N–H and O–H groups in total. The molecule has 0 aromatic heterocycles. The molecule has 1 aromatic rings. The summed E-state index contributed by atoms with van der Waals surface area (Å²) in [6, 6.07) is 2.93. The lowest BCUT2D eigenvalue weighted by Gasteiger charge is -2.18. The zero-order valence-electron chi connectivity index (χ0n) is 12.7. The van der Waals surface area contributed by atoms with Crippen LogP contribution in [0.5, 0.6) is 0 Å². The van der Waals surface area contributed by atoms with Gasteiger partial charge in [-0.1, -0.05) is 6.08 Å². The lowest BCUT2D eigenvalue weighted by atomic mass is 9.97. The van der Waals surface area contributed by atoms with Gasteiger partial charge in [-0.2, -0.15) is 0 Å². The van der Waals surface area contributed by atoms with Crippen LogP contribution in [0.3, 0.4) is 0 Å². The van der Waals surface area contributed by atoms with Crippen LogP contribution in [0.25, 0.3) is 0 Å². The minimum absolute atomic E-state index is 0.0655. The van der Waals surface area contributed by atoms with Crippen molar-refractivity contribution in [2.75, 3.05) is 13.1 Å². The molecule has 2 aliphatic heterocycles. The Morgan fingerprint density at radius 1 is 1.17 bits per heavy atom. The first-order valence-corrected chi connectivity index (χ1v) is 7.82. The van der Waals surface area contributed by atoms with Gasteiger partial charge < -0.3 is 5.32 Å². The Morgan fingerprint density at radius 2 is 1.92 bits per heavy atom. The van der Waals surface area contributed by atoms with Gasteiger partial charge >= 0.3 is 6.03 Å². The molecule has 1 unspecified atom stereocenters. The number of aliphatic imine (C=N–C) groups is 1. The van der Waals surface area contributed by atoms with E-state index in [0.29, 0.717) is 17.8 Å². The zero-order chi connectivity index (χ0) is 16.8. The number of benzene rings is 1. The molecular weight excluding hydrogens is 316 g/mol. The number of amides is 3. The van der Waals surface area contributed by atoms with Gasteiger partial charge in [0.15, 0.2) is 0 Å². The van der Waals surface area contributed by atoms with Gasteiger partial charge in [0.2, 0.25) is 5.91 Å². The van der Waals surface area contributed by atoms with E-state index in [2.05, 4.69) is 10.3 Å². The Kier molecular flexibility index (Phi) is 3.44. The second kappa shape index (κ2) is 5.51. The Labute approximate surface area is 137 Å². The van der Waals surface area contributed by atoms with Crippen molar-refractivity contribution in [3.05, 3.63) is 47.5 Å². The number of dihydropyridines is 1. The van der Waals surface area contributed by atoms with Crippen molar-refractivity contribution in [1.29, 1.82) is 0 Å². The molecule has 3 amide bonds. The molecule has 24 heavy (non-hydrogen) atoms. The third-order valence-electron chi connectivity index (χ3n) is 4.70. The first kappa shape index (κ1) is 15.0. The maximum absolute atomic E-state index is 13.3. The van der Waals surface area contributed by atoms with E-state index >= 15 is 0 Å². The first-order chi connectivity index (χ1) is 11.5. The summed E-state index contributed by atoms with van der Waals surface area (Å²) in [7, 11) is 0. The SMILES string of the molecule is O=C1CNC(=O)N1[C@@H]1C[C@H]1C1C=CC(c2cc(F)cc(F)c2)=NC1. The van der Waals surface area contributed by atoms with Gasteiger partial charge in [-0.3, -0.25) is 14.7 Å². The number of hydrogen-bond acceptors (Lipinski definition) is 3. The highest BCUT2D eigenvalue weighted by atomic mass is 19.1. The van der Waals surface area contributed by atoms with Gasteiger partial charge in [0.1, 0.15) is 11.6 Å². The molecule has 3 atom stereocenters. The van der Waals surface area contributed by atoms with Gasteiger partial charge in [-0.15, -0.1) is 0 Å². The molecular formula is C17H15F2N3O2. The highest BCUT2D eigenvalue weighted by Crippen LogP contribution is 2.44. The molecule has 0 spiro atoms. The summed E-state index contributed by atoms with van der Waals surface area (Å²) in [5.41, 5.74) is 0.945. The molecule has 1 saturated heterocycles. The van der Waals surface area contributed by atoms with E-state index in [4.69, 9.17) is 0 Å². The number of carbonyl (C=O) groups is 2. The summed E-state index contributed by atoms with van der Waals surface area (Å²) < 4.78 is 26.6. The molecule has 2 fully saturated rings. The number of hydrogen-bond donors (Lipinski definition) is 1. The quantitative estimate of drug-likeness (QED) is 0.860. The number of rotatable bonds is 3. The molecule has 3 aliphatic rings. The van der Waals surface area contributed by atoms with E-state index in [1.165, 1.54) is 17.0 Å². The molecule has 7 heteroatoms. The van der Waals surface area contributed by atoms with E-state index in [9.17, 15) is 18.4 Å². The Balaban J connectivity index is 1.44. The van der Waals surface area contributed by atoms with Crippen LogP contribution < -0.4 is 5.32 Å². The van der Waals surface area contributed by atoms with E-state index < -0.39 is 11.6 Å². The molecule has 1 aromatic carbocycles. The number of urea groups is 1. The summed E-state index contributed by atoms with van der Waals surface area (Å²) in [5.74, 6) is -1.14. The second-order valence-corrected chi connectivity index (χ2v) is 6.30. The number of imide groups is 1. The molecule has 1 saturated carbocycles. The number of carbonyl (C=O) groups excluding carboxylic acids is 2. The predicted molar refractivity (Wildman–Crippen MR) is 82.5 cm³/mol. The van der Waals surface area contributed by atoms with Crippen LogP contribution in [0.15, 0.2) is 35.3 Å². The van der Waals surface area contributed by atoms with Crippen LogP contribution >= 0.6 is 0 Å². The lowest BCUT2D eigenvalue weighted by molar-refractivity contribution is -0.125. The van der Waals surface area contributed by atoms with Crippen molar-refractivity contribution >= 4 is 17.6 Å². The smallest absolute Gasteiger partial charge is 0.324 e. The van der Waals surface area contributed by atoms with Gasteiger partial charge in [-0.05, 0) is 30.5 Å². The fourth-order valence-electron chi connectivity index (χ4n) is 3.43. The molecule has 4 rings (SSSR count). The maximum Gasteiger partial charge on any atom is 0.324 e. The molecule has 5 nitrogen and oxygen atoms in total. The monoisotopic (exact) mass is 331 g/mol. The Hall–Kier alpha value is -2.57. The highest BCUT2D eigenvalue weighted by Gasteiger charge is 2.51. The summed E-state index contributed by atoms with van der Waals surface area (Å²) in [4.78, 5) is 29.1. The molecule has 1 aliphatic carbocycles. The van der Waals surface area contributed by atoms with Crippen molar-refractivity contribution in [2.24, 2.45) is 16.8 Å². The fourth-order valence-corrected chi connectivity index (χ4v) is 3.43. The average molecular weight is 331 g/mol. The van der Waals surface area contributed by atoms with Gasteiger partial charge in [0, 0.05) is 30.1 Å². The van der Waals surface area contributed by atoms with Gasteiger partial charge in [0.05, 0.1) is 12.3 Å². The minimum Gasteiger partial charge on any atom is -0.329 e. The van der Waals surface area contributed by atoms with Gasteiger partial charge in [0.25, 0.3) is 0 Å². The van der Waals surface area contributed by atoms with Crippen LogP contribution in [0.2, 0.25) is 0 Å². The zero-order valence-corrected chi connectivity index (χ0v) is 12.7. The average Bonchev–Trinajstić information content (AvgIpc) is 3.25. The Bertz CT molecular complexity index is 754. The van der Waals surface area contributed by atoms with E-state index in [-0.39, 0.29) is 36.4 Å². The predicted octanol–water partition coefficient (Wildman–Crippen LogP) is 1.88. The van der Waals surface area contributed by atoms with E-state index in [0.717, 1.165) is 12.5 Å². The summed E-state index contributed by atoms with van der Waals surface area (Å²) in [5, 5.41) is 2.52. The van der Waals surface area contributed by atoms with Crippen molar-refractivity contribution < 1.29 is 18.4 Å². The van der Waals surface area contributed by atoms with Crippen molar-refractivity contribution in [3.63, 3.8) is 0 Å². The third kappa shape index (κ3) is 2.60. The lowest BCUT2D eigenvalue weighted by Crippen LogP contribution is -2.35. The third-order valence-corrected chi connectivity index (χ3v) is 4.70. The first-order valence-electron chi connectivity index (χ1n) is 7.82. The summed E-state index contributed by atoms with van der Waals surface area (Å²) >= 11 is 0. The molecule has 0 bridgehead atoms. The van der Waals surface area contributed by atoms with Crippen LogP contribution in [0, 0.1) is 23.5 Å². The van der Waals surface area contributed by atoms with E-state index in [1.54, 1.807) is 6.08 Å². The summed E-state index contributed by atoms with van der Waals surface area (Å²) in [6.45, 7) is 0.546. The van der Waals surface area contributed by atoms with Gasteiger partial charge in [-0.25, -0.2) is 13.6 Å². The second-order valence-electron chi connectivity index (χ2n) is 6.30. The number of allylic oxidation sites excluding steroid dienone is 1. The topological polar surface area (TPSA) is 61.8 Å². The van der Waals surface area contributed by atoms with Crippen molar-refractivity contribution in [1.82, 2.24) is 10.2 Å². The number of nitrogens with zero attached hydrogens (tertiary/aromatic N) is 2. The minimum atomic E-state index is -0.635. The molecule has 0 radical (unpaired) electrons. The van der Waals surface area contributed by atoms with E-state index in [1.807, 2.05) is 6.08 Å². The standard InChI is InChI=1S/C17H15F2N3O2/c18-11-3-10(4-12(19)5-11)14-2-1-9(7-20-14)13-6-15(13)22-16(23)8-21-17(22)24/h1-5,9,13,15H,6-8H2,(H,21,24)/t9?,13-,15+/m0/s1. The number of nitrogens with one attached hydrogen (secondary N) is 1. The van der Waals surface area contributed by atoms with Crippen LogP contribution in [-0.4, -0.2) is 41.7 Å². The van der Waals surface area contributed by atoms with Crippen molar-refractivity contribution in [2.45, 2.75) is 12.5 Å². The normalized spacial score (nSPS) is 28.8. The van der Waals surface area contributed by atoms with Crippen LogP contribution in [0.4, 0.5) is 13.6 Å². The van der Waals surface area contributed by atoms with Crippen molar-refractivity contribution in [3.8, 4) is 0 Å². The number of halogens is 2. The van der Waals surface area contributed by atoms with Crippen LogP contribution in [0.1, 0.15) is 12.0 Å². The highest BCUT2D eigenvalue weighted by molar-refractivity contribution is 6.09. The summed E-state index contributed by atoms with van der Waals surface area (Å²) in [6.07, 6.45) is 4.48. The maximum atomic E-state index is 13.3. The molecule has 2 heterocycles. The molecule has 124 valence electrons. The Morgan fingerprint density at radius 3 is 2.50 bits per heavy atom. The fraction of sp³-hybridized carbons (Fsp3) is 0.353. The van der Waals surface area contributed by atoms with Crippen LogP contribution in [-0.2, 0) is 4.79 Å². The largest absolute Gasteiger partial charge is 0.329 e.